The Labute approximate surface area is 185 Å². The Balaban J connectivity index is 1.70. The van der Waals surface area contributed by atoms with Gasteiger partial charge in [-0.15, -0.1) is 0 Å². The first-order chi connectivity index (χ1) is 15.1. The number of imidazole rings is 1. The van der Waals surface area contributed by atoms with E-state index in [4.69, 9.17) is 15.2 Å². The summed E-state index contributed by atoms with van der Waals surface area (Å²) in [5, 5.41) is 0.519. The van der Waals surface area contributed by atoms with Gasteiger partial charge in [0.15, 0.2) is 5.65 Å². The Morgan fingerprint density at radius 2 is 2.09 bits per heavy atom. The van der Waals surface area contributed by atoms with Gasteiger partial charge in [-0.1, -0.05) is 17.8 Å². The van der Waals surface area contributed by atoms with E-state index in [1.54, 1.807) is 4.57 Å². The van der Waals surface area contributed by atoms with Gasteiger partial charge in [-0.3, -0.25) is 4.57 Å². The minimum Gasteiger partial charge on any atom is -0.494 e. The molecule has 14 heteroatoms. The molecule has 0 fully saturated rings. The molecule has 174 valence electrons. The lowest BCUT2D eigenvalue weighted by Crippen LogP contribution is -2.17. The first-order valence-electron chi connectivity index (χ1n) is 9.41. The molecule has 2 aromatic heterocycles. The third kappa shape index (κ3) is 6.83. The second-order valence-electron chi connectivity index (χ2n) is 6.66. The van der Waals surface area contributed by atoms with Gasteiger partial charge in [0.05, 0.1) is 19.5 Å². The predicted octanol–water partition coefficient (Wildman–Crippen LogP) is 3.77. The van der Waals surface area contributed by atoms with Crippen molar-refractivity contribution in [1.29, 1.82) is 0 Å². The molecule has 32 heavy (non-hydrogen) atoms. The number of halogens is 3. The number of rotatable bonds is 10. The fourth-order valence-corrected chi connectivity index (χ4v) is 4.76. The molecule has 0 aliphatic rings. The lowest BCUT2D eigenvalue weighted by molar-refractivity contribution is -0.108. The summed E-state index contributed by atoms with van der Waals surface area (Å²) in [6, 6.07) is 7.43. The van der Waals surface area contributed by atoms with E-state index in [2.05, 4.69) is 15.0 Å². The lowest BCUT2D eigenvalue weighted by Gasteiger charge is -2.14. The number of benzene rings is 1. The molecule has 1 unspecified atom stereocenters. The molecule has 1 atom stereocenters. The summed E-state index contributed by atoms with van der Waals surface area (Å²) in [5.41, 5.74) is 6.74. The highest BCUT2D eigenvalue weighted by molar-refractivity contribution is 7.99. The van der Waals surface area contributed by atoms with Crippen LogP contribution in [0.25, 0.3) is 11.2 Å². The van der Waals surface area contributed by atoms with Gasteiger partial charge in [0.2, 0.25) is 13.3 Å². The lowest BCUT2D eigenvalue weighted by atomic mass is 10.3. The van der Waals surface area contributed by atoms with Crippen LogP contribution < -0.4 is 10.5 Å². The van der Waals surface area contributed by atoms with E-state index in [1.165, 1.54) is 18.1 Å². The molecule has 0 aliphatic heterocycles. The number of ether oxygens (including phenoxy) is 2. The summed E-state index contributed by atoms with van der Waals surface area (Å²) >= 11 is 1.33. The predicted molar refractivity (Wildman–Crippen MR) is 113 cm³/mol. The fourth-order valence-electron chi connectivity index (χ4n) is 2.77. The van der Waals surface area contributed by atoms with Crippen LogP contribution in [0.1, 0.15) is 6.92 Å². The van der Waals surface area contributed by atoms with Gasteiger partial charge in [0, 0.05) is 11.4 Å². The Hall–Kier alpha value is -2.34. The van der Waals surface area contributed by atoms with Gasteiger partial charge in [0.25, 0.3) is 0 Å². The number of nitrogen functional groups attached to an aromatic ring is 1. The molecule has 0 bridgehead atoms. The van der Waals surface area contributed by atoms with Crippen LogP contribution in [0.5, 0.6) is 5.75 Å². The largest absolute Gasteiger partial charge is 0.494 e. The number of anilines is 1. The highest BCUT2D eigenvalue weighted by Crippen LogP contribution is 2.45. The summed E-state index contributed by atoms with van der Waals surface area (Å²) < 4.78 is 60.6. The van der Waals surface area contributed by atoms with Crippen LogP contribution in [0.3, 0.4) is 0 Å². The SMILES string of the molecule is CCOc1cccc(Sc2nc(N)nc3c2ncn3CCOCP(=O)(O)CC(F)(F)F)c1. The number of alkyl halides is 3. The maximum absolute atomic E-state index is 12.3. The summed E-state index contributed by atoms with van der Waals surface area (Å²) in [4.78, 5) is 23.0. The molecule has 9 nitrogen and oxygen atoms in total. The van der Waals surface area contributed by atoms with Crippen molar-refractivity contribution in [3.8, 4) is 5.75 Å². The number of aromatic nitrogens is 4. The topological polar surface area (TPSA) is 125 Å². The number of hydrogen-bond donors (Lipinski definition) is 2. The monoisotopic (exact) mass is 491 g/mol. The van der Waals surface area contributed by atoms with E-state index in [-0.39, 0.29) is 19.1 Å². The van der Waals surface area contributed by atoms with E-state index in [9.17, 15) is 22.6 Å². The number of fused-ring (bicyclic) bond motifs is 1. The molecule has 0 spiro atoms. The van der Waals surface area contributed by atoms with Crippen LogP contribution >= 0.6 is 19.1 Å². The molecular weight excluding hydrogens is 470 g/mol. The normalized spacial score (nSPS) is 13.9. The van der Waals surface area contributed by atoms with Gasteiger partial charge >= 0.3 is 6.18 Å². The first-order valence-corrected chi connectivity index (χ1v) is 12.3. The quantitative estimate of drug-likeness (QED) is 0.248. The molecule has 0 amide bonds. The van der Waals surface area contributed by atoms with E-state index in [0.717, 1.165) is 4.90 Å². The van der Waals surface area contributed by atoms with E-state index in [1.807, 2.05) is 31.2 Å². The molecule has 3 N–H and O–H groups in total. The van der Waals surface area contributed by atoms with Crippen molar-refractivity contribution in [2.24, 2.45) is 0 Å². The molecular formula is C18H21F3N5O4PS. The molecule has 2 heterocycles. The average Bonchev–Trinajstić information content (AvgIpc) is 3.07. The molecule has 0 aliphatic carbocycles. The van der Waals surface area contributed by atoms with Crippen LogP contribution in [-0.2, 0) is 15.8 Å². The summed E-state index contributed by atoms with van der Waals surface area (Å²) in [5.74, 6) is 0.735. The zero-order chi connectivity index (χ0) is 23.4. The molecule has 0 saturated carbocycles. The van der Waals surface area contributed by atoms with Gasteiger partial charge < -0.3 is 24.7 Å². The maximum atomic E-state index is 12.3. The molecule has 1 aromatic carbocycles. The number of nitrogens with two attached hydrogens (primary N) is 1. The second-order valence-corrected chi connectivity index (χ2v) is 9.99. The molecule has 3 aromatic rings. The molecule has 0 radical (unpaired) electrons. The van der Waals surface area contributed by atoms with Crippen LogP contribution in [-0.4, -0.2) is 56.3 Å². The van der Waals surface area contributed by atoms with Gasteiger partial charge in [0.1, 0.15) is 28.8 Å². The highest BCUT2D eigenvalue weighted by Gasteiger charge is 2.38. The van der Waals surface area contributed by atoms with E-state index in [0.29, 0.717) is 28.5 Å². The second kappa shape index (κ2) is 10.1. The Morgan fingerprint density at radius 1 is 1.31 bits per heavy atom. The van der Waals surface area contributed by atoms with Gasteiger partial charge in [-0.05, 0) is 25.1 Å². The summed E-state index contributed by atoms with van der Waals surface area (Å²) in [6.45, 7) is 2.45. The standard InChI is InChI=1S/C18H21F3N5O4PS/c1-2-30-12-4-3-5-13(8-12)32-16-14-15(24-17(22)25-16)26(10-23-14)6-7-29-11-31(27,28)9-18(19,20)21/h3-5,8,10H,2,6-7,9,11H2,1H3,(H,27,28)(H2,22,24,25). The third-order valence-corrected chi connectivity index (χ3v) is 6.38. The molecule has 0 saturated heterocycles. The van der Waals surface area contributed by atoms with E-state index < -0.39 is 26.1 Å². The number of hydrogen-bond acceptors (Lipinski definition) is 8. The van der Waals surface area contributed by atoms with Crippen LogP contribution in [0.4, 0.5) is 19.1 Å². The Kier molecular flexibility index (Phi) is 7.65. The van der Waals surface area contributed by atoms with Crippen molar-refractivity contribution in [3.05, 3.63) is 30.6 Å². The highest BCUT2D eigenvalue weighted by atomic mass is 32.2. The van der Waals surface area contributed by atoms with Crippen LogP contribution in [0.15, 0.2) is 40.5 Å². The van der Waals surface area contributed by atoms with Gasteiger partial charge in [-0.2, -0.15) is 18.2 Å². The fraction of sp³-hybridized carbons (Fsp3) is 0.389. The maximum Gasteiger partial charge on any atom is 0.398 e. The minimum atomic E-state index is -4.74. The van der Waals surface area contributed by atoms with E-state index >= 15 is 0 Å². The Bertz CT molecular complexity index is 1130. The van der Waals surface area contributed by atoms with Crippen molar-refractivity contribution in [1.82, 2.24) is 19.5 Å². The Morgan fingerprint density at radius 3 is 2.81 bits per heavy atom. The zero-order valence-electron chi connectivity index (χ0n) is 16.9. The van der Waals surface area contributed by atoms with Crippen LogP contribution in [0, 0.1) is 0 Å². The first kappa shape index (κ1) is 24.3. The van der Waals surface area contributed by atoms with Crippen molar-refractivity contribution in [2.45, 2.75) is 29.6 Å². The third-order valence-electron chi connectivity index (χ3n) is 3.98. The van der Waals surface area contributed by atoms with Crippen molar-refractivity contribution in [2.75, 3.05) is 31.5 Å². The zero-order valence-corrected chi connectivity index (χ0v) is 18.7. The smallest absolute Gasteiger partial charge is 0.398 e. The van der Waals surface area contributed by atoms with Crippen molar-refractivity contribution in [3.63, 3.8) is 0 Å². The molecule has 3 rings (SSSR count). The average molecular weight is 491 g/mol. The number of nitrogens with zero attached hydrogens (tertiary/aromatic N) is 4. The van der Waals surface area contributed by atoms with Crippen molar-refractivity contribution < 1.29 is 32.1 Å². The van der Waals surface area contributed by atoms with Crippen molar-refractivity contribution >= 4 is 36.2 Å². The minimum absolute atomic E-state index is 0.0219. The summed E-state index contributed by atoms with van der Waals surface area (Å²) in [7, 11) is -4.46. The summed E-state index contributed by atoms with van der Waals surface area (Å²) in [6.07, 6.45) is -5.95. The van der Waals surface area contributed by atoms with Crippen LogP contribution in [0.2, 0.25) is 0 Å². The van der Waals surface area contributed by atoms with Gasteiger partial charge in [-0.25, -0.2) is 9.97 Å².